The first kappa shape index (κ1) is 25.6. The van der Waals surface area contributed by atoms with Crippen molar-refractivity contribution < 1.29 is 19.2 Å². The van der Waals surface area contributed by atoms with Gasteiger partial charge in [-0.2, -0.15) is 5.10 Å². The number of carbonyl (C=O) groups is 1. The van der Waals surface area contributed by atoms with Gasteiger partial charge in [0, 0.05) is 48.9 Å². The van der Waals surface area contributed by atoms with E-state index in [4.69, 9.17) is 20.9 Å². The third kappa shape index (κ3) is 5.16. The van der Waals surface area contributed by atoms with Gasteiger partial charge >= 0.3 is 5.97 Å². The molecule has 0 atom stereocenters. The third-order valence-corrected chi connectivity index (χ3v) is 7.91. The summed E-state index contributed by atoms with van der Waals surface area (Å²) in [6.07, 6.45) is 5.88. The number of carboxylic acid groups (broad SMARTS) is 1. The lowest BCUT2D eigenvalue weighted by atomic mass is 10.0. The Hall–Kier alpha value is -3.69. The highest BCUT2D eigenvalue weighted by molar-refractivity contribution is 6.33. The fraction of sp³-hybridized carbons (Fsp3) is 0.379. The fourth-order valence-corrected chi connectivity index (χ4v) is 5.55. The highest BCUT2D eigenvalue weighted by Crippen LogP contribution is 2.45. The van der Waals surface area contributed by atoms with Gasteiger partial charge in [0.25, 0.3) is 0 Å². The van der Waals surface area contributed by atoms with Crippen LogP contribution in [0.2, 0.25) is 5.02 Å². The molecule has 0 amide bonds. The van der Waals surface area contributed by atoms with Crippen molar-refractivity contribution in [2.45, 2.75) is 51.2 Å². The van der Waals surface area contributed by atoms with E-state index in [1.807, 2.05) is 37.3 Å². The van der Waals surface area contributed by atoms with Gasteiger partial charge in [-0.25, -0.2) is 9.78 Å². The van der Waals surface area contributed by atoms with Gasteiger partial charge < -0.3 is 19.3 Å². The predicted molar refractivity (Wildman–Crippen MR) is 147 cm³/mol. The van der Waals surface area contributed by atoms with Crippen LogP contribution in [0.15, 0.2) is 47.1 Å². The van der Waals surface area contributed by atoms with Gasteiger partial charge in [-0.3, -0.25) is 4.68 Å². The normalized spacial score (nSPS) is 16.1. The quantitative estimate of drug-likeness (QED) is 0.292. The number of nitrogens with zero attached hydrogens (tertiary/aromatic N) is 5. The van der Waals surface area contributed by atoms with Gasteiger partial charge in [-0.1, -0.05) is 28.9 Å². The minimum absolute atomic E-state index is 0.130. The van der Waals surface area contributed by atoms with E-state index in [9.17, 15) is 9.90 Å². The molecule has 0 unspecified atom stereocenters. The zero-order valence-corrected chi connectivity index (χ0v) is 22.7. The summed E-state index contributed by atoms with van der Waals surface area (Å²) in [4.78, 5) is 18.2. The smallest absolute Gasteiger partial charge is 0.354 e. The van der Waals surface area contributed by atoms with E-state index in [2.05, 4.69) is 20.1 Å². The third-order valence-electron chi connectivity index (χ3n) is 7.60. The molecule has 4 heterocycles. The number of pyridine rings is 1. The molecule has 1 aliphatic heterocycles. The lowest BCUT2D eigenvalue weighted by Gasteiger charge is -2.32. The maximum Gasteiger partial charge on any atom is 0.354 e. The van der Waals surface area contributed by atoms with Crippen LogP contribution in [0.1, 0.15) is 59.0 Å². The Bertz CT molecular complexity index is 1480. The van der Waals surface area contributed by atoms with Crippen molar-refractivity contribution in [1.29, 1.82) is 0 Å². The molecular weight excluding hydrogens is 518 g/mol. The number of hydrogen-bond acceptors (Lipinski definition) is 7. The zero-order valence-electron chi connectivity index (χ0n) is 21.9. The summed E-state index contributed by atoms with van der Waals surface area (Å²) in [6, 6.07) is 11.3. The molecule has 3 aromatic heterocycles. The summed E-state index contributed by atoms with van der Waals surface area (Å²) >= 11 is 6.57. The second-order valence-electron chi connectivity index (χ2n) is 10.3. The van der Waals surface area contributed by atoms with Crippen LogP contribution in [0.25, 0.3) is 22.5 Å². The monoisotopic (exact) mass is 547 g/mol. The average molecular weight is 548 g/mol. The Morgan fingerprint density at radius 3 is 2.62 bits per heavy atom. The van der Waals surface area contributed by atoms with Crippen LogP contribution in [0.3, 0.4) is 0 Å². The molecule has 39 heavy (non-hydrogen) atoms. The van der Waals surface area contributed by atoms with Crippen molar-refractivity contribution in [2.24, 2.45) is 7.05 Å². The van der Waals surface area contributed by atoms with Gasteiger partial charge in [-0.15, -0.1) is 0 Å². The van der Waals surface area contributed by atoms with Crippen molar-refractivity contribution in [1.82, 2.24) is 19.9 Å². The summed E-state index contributed by atoms with van der Waals surface area (Å²) in [5.74, 6) is 1.24. The predicted octanol–water partition coefficient (Wildman–Crippen LogP) is 5.86. The van der Waals surface area contributed by atoms with Gasteiger partial charge in [-0.05, 0) is 62.4 Å². The number of piperidine rings is 1. The lowest BCUT2D eigenvalue weighted by molar-refractivity contribution is 0.0245. The SMILES string of the molecule is Cc1cccc(Cl)c1-c1noc(C2CC2)c1COC1CCN(c2ccc(-c3cc(C(=O)O)n(C)n3)cn2)CC1. The van der Waals surface area contributed by atoms with Crippen LogP contribution in [-0.2, 0) is 18.4 Å². The molecule has 1 N–H and O–H groups in total. The topological polar surface area (TPSA) is 107 Å². The molecule has 1 saturated carbocycles. The van der Waals surface area contributed by atoms with Gasteiger partial charge in [0.2, 0.25) is 0 Å². The van der Waals surface area contributed by atoms with Crippen LogP contribution in [0.5, 0.6) is 0 Å². The molecule has 1 aromatic carbocycles. The molecular formula is C29H30ClN5O4. The second-order valence-corrected chi connectivity index (χ2v) is 10.7. The van der Waals surface area contributed by atoms with Crippen LogP contribution < -0.4 is 4.90 Å². The highest BCUT2D eigenvalue weighted by atomic mass is 35.5. The number of aromatic carboxylic acids is 1. The number of carboxylic acids is 1. The van der Waals surface area contributed by atoms with Crippen LogP contribution in [-0.4, -0.2) is 50.2 Å². The van der Waals surface area contributed by atoms with Crippen LogP contribution in [0, 0.1) is 6.92 Å². The van der Waals surface area contributed by atoms with Crippen molar-refractivity contribution in [3.8, 4) is 22.5 Å². The first-order valence-corrected chi connectivity index (χ1v) is 13.6. The molecule has 4 aromatic rings. The standard InChI is InChI=1S/C29H30ClN5O4/c1-17-4-3-5-22(30)26(17)27-21(28(39-33-27)18-6-7-18)16-38-20-10-12-35(13-11-20)25-9-8-19(15-31-25)23-14-24(29(36)37)34(2)32-23/h3-5,8-9,14-15,18,20H,6-7,10-13,16H2,1-2H3,(H,36,37). The van der Waals surface area contributed by atoms with E-state index < -0.39 is 5.97 Å². The molecule has 1 saturated heterocycles. The van der Waals surface area contributed by atoms with Crippen molar-refractivity contribution in [2.75, 3.05) is 18.0 Å². The Kier molecular flexibility index (Phi) is 6.86. The molecule has 0 radical (unpaired) electrons. The molecule has 0 bridgehead atoms. The molecule has 1 aliphatic carbocycles. The van der Waals surface area contributed by atoms with Crippen molar-refractivity contribution in [3.63, 3.8) is 0 Å². The first-order chi connectivity index (χ1) is 18.9. The Morgan fingerprint density at radius 1 is 1.18 bits per heavy atom. The maximum absolute atomic E-state index is 11.3. The summed E-state index contributed by atoms with van der Waals surface area (Å²) in [6.45, 7) is 4.16. The van der Waals surface area contributed by atoms with Crippen molar-refractivity contribution >= 4 is 23.4 Å². The largest absolute Gasteiger partial charge is 0.477 e. The molecule has 10 heteroatoms. The molecule has 2 aliphatic rings. The number of anilines is 1. The number of aromatic nitrogens is 4. The molecule has 0 spiro atoms. The molecule has 9 nitrogen and oxygen atoms in total. The van der Waals surface area contributed by atoms with E-state index >= 15 is 0 Å². The Labute approximate surface area is 231 Å². The lowest BCUT2D eigenvalue weighted by Crippen LogP contribution is -2.37. The zero-order chi connectivity index (χ0) is 27.1. The van der Waals surface area contributed by atoms with Crippen LogP contribution in [0.4, 0.5) is 5.82 Å². The second kappa shape index (κ2) is 10.5. The fourth-order valence-electron chi connectivity index (χ4n) is 5.24. The highest BCUT2D eigenvalue weighted by Gasteiger charge is 2.34. The molecule has 202 valence electrons. The summed E-state index contributed by atoms with van der Waals surface area (Å²) in [5.41, 5.74) is 5.32. The van der Waals surface area contributed by atoms with Gasteiger partial charge in [0.15, 0.2) is 0 Å². The van der Waals surface area contributed by atoms with E-state index in [-0.39, 0.29) is 11.8 Å². The van der Waals surface area contributed by atoms with E-state index in [0.29, 0.717) is 23.2 Å². The minimum atomic E-state index is -1.01. The molecule has 2 fully saturated rings. The summed E-state index contributed by atoms with van der Waals surface area (Å²) < 4.78 is 13.6. The Morgan fingerprint density at radius 2 is 1.97 bits per heavy atom. The Balaban J connectivity index is 1.10. The first-order valence-electron chi connectivity index (χ1n) is 13.2. The van der Waals surface area contributed by atoms with Gasteiger partial charge in [0.1, 0.15) is 23.0 Å². The number of ether oxygens (including phenoxy) is 1. The number of rotatable bonds is 8. The van der Waals surface area contributed by atoms with Gasteiger partial charge in [0.05, 0.1) is 23.4 Å². The molecule has 6 rings (SSSR count). The van der Waals surface area contributed by atoms with Crippen LogP contribution >= 0.6 is 11.6 Å². The van der Waals surface area contributed by atoms with E-state index in [0.717, 1.165) is 78.3 Å². The van der Waals surface area contributed by atoms with Crippen molar-refractivity contribution in [3.05, 3.63) is 70.2 Å². The average Bonchev–Trinajstić information content (AvgIpc) is 3.57. The minimum Gasteiger partial charge on any atom is -0.477 e. The number of benzene rings is 1. The number of halogens is 1. The summed E-state index contributed by atoms with van der Waals surface area (Å²) in [5, 5.41) is 18.7. The van der Waals surface area contributed by atoms with E-state index in [1.165, 1.54) is 4.68 Å². The number of aryl methyl sites for hydroxylation is 2. The number of hydrogen-bond donors (Lipinski definition) is 1. The van der Waals surface area contributed by atoms with E-state index in [1.54, 1.807) is 19.3 Å². The maximum atomic E-state index is 11.3. The summed E-state index contributed by atoms with van der Waals surface area (Å²) in [7, 11) is 1.62.